The van der Waals surface area contributed by atoms with Gasteiger partial charge in [0.15, 0.2) is 0 Å². The van der Waals surface area contributed by atoms with Crippen molar-refractivity contribution >= 4 is 21.6 Å². The van der Waals surface area contributed by atoms with Crippen molar-refractivity contribution in [2.45, 2.75) is 18.9 Å². The Hall–Kier alpha value is -0.610. The zero-order valence-electron chi connectivity index (χ0n) is 8.91. The van der Waals surface area contributed by atoms with E-state index >= 15 is 0 Å². The van der Waals surface area contributed by atoms with E-state index in [4.69, 9.17) is 0 Å². The molecule has 0 spiro atoms. The quantitative estimate of drug-likeness (QED) is 0.833. The molecule has 0 aromatic carbocycles. The highest BCUT2D eigenvalue weighted by Crippen LogP contribution is 2.20. The molecule has 0 bridgehead atoms. The highest BCUT2D eigenvalue weighted by atomic mass is 79.9. The summed E-state index contributed by atoms with van der Waals surface area (Å²) in [4.78, 5) is 6.65. The minimum absolute atomic E-state index is 0.613. The van der Waals surface area contributed by atoms with Crippen LogP contribution >= 0.6 is 15.9 Å². The summed E-state index contributed by atoms with van der Waals surface area (Å²) < 4.78 is 0.897. The van der Waals surface area contributed by atoms with Gasteiger partial charge in [0, 0.05) is 19.1 Å². The monoisotopic (exact) mass is 269 g/mol. The molecule has 0 amide bonds. The van der Waals surface area contributed by atoms with E-state index in [9.17, 15) is 0 Å². The molecule has 0 saturated carbocycles. The predicted molar refractivity (Wildman–Crippen MR) is 66.2 cm³/mol. The summed E-state index contributed by atoms with van der Waals surface area (Å²) in [6.07, 6.45) is 4.46. The minimum Gasteiger partial charge on any atom is -0.369 e. The maximum atomic E-state index is 4.26. The Morgan fingerprint density at radius 1 is 1.53 bits per heavy atom. The highest BCUT2D eigenvalue weighted by Gasteiger charge is 2.18. The van der Waals surface area contributed by atoms with Gasteiger partial charge >= 0.3 is 0 Å². The molecule has 2 rings (SSSR count). The SMILES string of the molecule is CNC1CCCN(c2ccc(Br)nc2)C1. The fourth-order valence-electron chi connectivity index (χ4n) is 2.00. The molecular formula is C11H16BrN3. The second-order valence-electron chi connectivity index (χ2n) is 3.91. The Kier molecular flexibility index (Phi) is 3.59. The molecule has 1 atom stereocenters. The van der Waals surface area contributed by atoms with Crippen LogP contribution in [-0.4, -0.2) is 31.2 Å². The molecule has 3 nitrogen and oxygen atoms in total. The molecule has 82 valence electrons. The van der Waals surface area contributed by atoms with Crippen molar-refractivity contribution in [1.29, 1.82) is 0 Å². The number of anilines is 1. The van der Waals surface area contributed by atoms with Crippen molar-refractivity contribution in [3.63, 3.8) is 0 Å². The first-order valence-electron chi connectivity index (χ1n) is 5.33. The van der Waals surface area contributed by atoms with Crippen LogP contribution in [0.15, 0.2) is 22.9 Å². The maximum Gasteiger partial charge on any atom is 0.106 e. The van der Waals surface area contributed by atoms with Crippen LogP contribution in [0.25, 0.3) is 0 Å². The van der Waals surface area contributed by atoms with E-state index < -0.39 is 0 Å². The van der Waals surface area contributed by atoms with Crippen LogP contribution in [0.1, 0.15) is 12.8 Å². The largest absolute Gasteiger partial charge is 0.369 e. The summed E-state index contributed by atoms with van der Waals surface area (Å²) >= 11 is 3.35. The molecule has 1 aliphatic rings. The van der Waals surface area contributed by atoms with Crippen LogP contribution in [0, 0.1) is 0 Å². The summed E-state index contributed by atoms with van der Waals surface area (Å²) in [5.74, 6) is 0. The van der Waals surface area contributed by atoms with Gasteiger partial charge in [-0.05, 0) is 48.0 Å². The van der Waals surface area contributed by atoms with E-state index in [-0.39, 0.29) is 0 Å². The fourth-order valence-corrected chi connectivity index (χ4v) is 2.24. The molecule has 1 aliphatic heterocycles. The van der Waals surface area contributed by atoms with E-state index in [1.54, 1.807) is 0 Å². The molecule has 1 unspecified atom stereocenters. The molecule has 1 N–H and O–H groups in total. The maximum absolute atomic E-state index is 4.26. The van der Waals surface area contributed by atoms with Crippen LogP contribution in [0.5, 0.6) is 0 Å². The minimum atomic E-state index is 0.613. The normalized spacial score (nSPS) is 21.7. The van der Waals surface area contributed by atoms with E-state index in [2.05, 4.69) is 37.2 Å². The molecule has 0 aliphatic carbocycles. The Morgan fingerprint density at radius 3 is 3.07 bits per heavy atom. The lowest BCUT2D eigenvalue weighted by molar-refractivity contribution is 0.449. The molecular weight excluding hydrogens is 254 g/mol. The van der Waals surface area contributed by atoms with Gasteiger partial charge < -0.3 is 10.2 Å². The number of likely N-dealkylation sites (N-methyl/N-ethyl adjacent to an activating group) is 1. The molecule has 1 fully saturated rings. The zero-order valence-corrected chi connectivity index (χ0v) is 10.5. The van der Waals surface area contributed by atoms with Crippen molar-refractivity contribution in [3.05, 3.63) is 22.9 Å². The Bertz CT molecular complexity index is 312. The lowest BCUT2D eigenvalue weighted by Gasteiger charge is -2.34. The summed E-state index contributed by atoms with van der Waals surface area (Å²) in [6, 6.07) is 4.73. The van der Waals surface area contributed by atoms with Crippen molar-refractivity contribution in [3.8, 4) is 0 Å². The predicted octanol–water partition coefficient (Wildman–Crippen LogP) is 2.03. The Morgan fingerprint density at radius 2 is 2.40 bits per heavy atom. The van der Waals surface area contributed by atoms with Gasteiger partial charge in [0.2, 0.25) is 0 Å². The average molecular weight is 270 g/mol. The third-order valence-corrected chi connectivity index (χ3v) is 3.38. The topological polar surface area (TPSA) is 28.2 Å². The summed E-state index contributed by atoms with van der Waals surface area (Å²) in [7, 11) is 2.04. The van der Waals surface area contributed by atoms with Crippen molar-refractivity contribution < 1.29 is 0 Å². The van der Waals surface area contributed by atoms with E-state index in [1.807, 2.05) is 19.3 Å². The molecule has 4 heteroatoms. The van der Waals surface area contributed by atoms with Gasteiger partial charge in [-0.1, -0.05) is 0 Å². The number of halogens is 1. The fraction of sp³-hybridized carbons (Fsp3) is 0.545. The van der Waals surface area contributed by atoms with Gasteiger partial charge in [-0.2, -0.15) is 0 Å². The van der Waals surface area contributed by atoms with Gasteiger partial charge in [-0.15, -0.1) is 0 Å². The second kappa shape index (κ2) is 4.94. The number of piperidine rings is 1. The van der Waals surface area contributed by atoms with E-state index in [0.29, 0.717) is 6.04 Å². The van der Waals surface area contributed by atoms with Crippen LogP contribution in [0.4, 0.5) is 5.69 Å². The first kappa shape index (κ1) is 10.9. The average Bonchev–Trinajstić information content (AvgIpc) is 2.30. The number of hydrogen-bond donors (Lipinski definition) is 1. The molecule has 15 heavy (non-hydrogen) atoms. The number of hydrogen-bond acceptors (Lipinski definition) is 3. The third kappa shape index (κ3) is 2.69. The summed E-state index contributed by atoms with van der Waals surface area (Å²) in [6.45, 7) is 2.22. The smallest absolute Gasteiger partial charge is 0.106 e. The first-order chi connectivity index (χ1) is 7.29. The van der Waals surface area contributed by atoms with Gasteiger partial charge in [-0.25, -0.2) is 4.98 Å². The third-order valence-electron chi connectivity index (χ3n) is 2.91. The standard InChI is InChI=1S/C11H16BrN3/c1-13-9-3-2-6-15(8-9)10-4-5-11(12)14-7-10/h4-5,7,9,13H,2-3,6,8H2,1H3. The number of nitrogens with one attached hydrogen (secondary N) is 1. The van der Waals surface area contributed by atoms with Gasteiger partial charge in [0.05, 0.1) is 11.9 Å². The molecule has 2 heterocycles. The lowest BCUT2D eigenvalue weighted by Crippen LogP contribution is -2.44. The van der Waals surface area contributed by atoms with Gasteiger partial charge in [0.25, 0.3) is 0 Å². The van der Waals surface area contributed by atoms with Crippen LogP contribution < -0.4 is 10.2 Å². The number of aromatic nitrogens is 1. The second-order valence-corrected chi connectivity index (χ2v) is 4.73. The van der Waals surface area contributed by atoms with Crippen molar-refractivity contribution in [2.24, 2.45) is 0 Å². The van der Waals surface area contributed by atoms with Crippen LogP contribution in [0.2, 0.25) is 0 Å². The molecule has 0 radical (unpaired) electrons. The molecule has 1 saturated heterocycles. The highest BCUT2D eigenvalue weighted by molar-refractivity contribution is 9.10. The summed E-state index contributed by atoms with van der Waals surface area (Å²) in [5, 5.41) is 3.34. The molecule has 1 aromatic heterocycles. The molecule has 1 aromatic rings. The van der Waals surface area contributed by atoms with E-state index in [1.165, 1.54) is 18.5 Å². The van der Waals surface area contributed by atoms with E-state index in [0.717, 1.165) is 17.7 Å². The number of pyridine rings is 1. The van der Waals surface area contributed by atoms with Crippen LogP contribution in [-0.2, 0) is 0 Å². The van der Waals surface area contributed by atoms with Crippen LogP contribution in [0.3, 0.4) is 0 Å². The van der Waals surface area contributed by atoms with Crippen molar-refractivity contribution in [1.82, 2.24) is 10.3 Å². The number of rotatable bonds is 2. The lowest BCUT2D eigenvalue weighted by atomic mass is 10.1. The number of nitrogens with zero attached hydrogens (tertiary/aromatic N) is 2. The summed E-state index contributed by atoms with van der Waals surface area (Å²) in [5.41, 5.74) is 1.22. The Labute approximate surface area is 99.0 Å². The zero-order chi connectivity index (χ0) is 10.7. The van der Waals surface area contributed by atoms with Gasteiger partial charge in [0.1, 0.15) is 4.60 Å². The Balaban J connectivity index is 2.06. The first-order valence-corrected chi connectivity index (χ1v) is 6.12. The van der Waals surface area contributed by atoms with Gasteiger partial charge in [-0.3, -0.25) is 0 Å². The van der Waals surface area contributed by atoms with Crippen molar-refractivity contribution in [2.75, 3.05) is 25.0 Å².